The zero-order chi connectivity index (χ0) is 17.7. The molecular formula is C17H26ClN3O3S. The number of nitrogens with one attached hydrogen (secondary N) is 1. The first-order valence-electron chi connectivity index (χ1n) is 8.89. The van der Waals surface area contributed by atoms with Crippen LogP contribution in [0.4, 0.5) is 0 Å². The van der Waals surface area contributed by atoms with Crippen LogP contribution in [0.15, 0.2) is 24.3 Å². The van der Waals surface area contributed by atoms with E-state index in [1.165, 1.54) is 0 Å². The lowest BCUT2D eigenvalue weighted by Crippen LogP contribution is -2.48. The molecule has 1 aromatic carbocycles. The van der Waals surface area contributed by atoms with Gasteiger partial charge in [-0.15, -0.1) is 0 Å². The lowest BCUT2D eigenvalue weighted by atomic mass is 10.0. The van der Waals surface area contributed by atoms with Crippen molar-refractivity contribution in [1.29, 1.82) is 0 Å². The van der Waals surface area contributed by atoms with Crippen molar-refractivity contribution in [2.75, 3.05) is 45.9 Å². The predicted octanol–water partition coefficient (Wildman–Crippen LogP) is 2.03. The van der Waals surface area contributed by atoms with Crippen molar-refractivity contribution in [3.05, 3.63) is 34.9 Å². The lowest BCUT2D eigenvalue weighted by molar-refractivity contribution is 0.0171. The smallest absolute Gasteiger partial charge is 0.279 e. The molecule has 2 saturated heterocycles. The third kappa shape index (κ3) is 4.93. The first-order valence-corrected chi connectivity index (χ1v) is 10.7. The molecule has 1 atom stereocenters. The molecule has 0 aromatic heterocycles. The summed E-state index contributed by atoms with van der Waals surface area (Å²) < 4.78 is 35.1. The SMILES string of the molecule is O=S(=O)(NCC(c1ccccc1Cl)N1CCOCC1)N1CCCCC1. The molecule has 25 heavy (non-hydrogen) atoms. The molecule has 6 nitrogen and oxygen atoms in total. The van der Waals surface area contributed by atoms with E-state index in [2.05, 4.69) is 9.62 Å². The highest BCUT2D eigenvalue weighted by molar-refractivity contribution is 7.87. The van der Waals surface area contributed by atoms with E-state index < -0.39 is 10.2 Å². The van der Waals surface area contributed by atoms with Crippen LogP contribution in [0.5, 0.6) is 0 Å². The molecule has 2 heterocycles. The van der Waals surface area contributed by atoms with Crippen LogP contribution in [-0.2, 0) is 14.9 Å². The molecule has 2 aliphatic rings. The molecule has 1 N–H and O–H groups in total. The average molecular weight is 388 g/mol. The number of hydrogen-bond donors (Lipinski definition) is 1. The molecule has 140 valence electrons. The van der Waals surface area contributed by atoms with E-state index in [0.29, 0.717) is 37.9 Å². The number of ether oxygens (including phenoxy) is 1. The minimum Gasteiger partial charge on any atom is -0.379 e. The van der Waals surface area contributed by atoms with Crippen LogP contribution in [0.25, 0.3) is 0 Å². The van der Waals surface area contributed by atoms with E-state index in [1.54, 1.807) is 4.31 Å². The van der Waals surface area contributed by atoms with Crippen molar-refractivity contribution >= 4 is 21.8 Å². The maximum atomic E-state index is 12.6. The topological polar surface area (TPSA) is 61.9 Å². The van der Waals surface area contributed by atoms with E-state index in [0.717, 1.165) is 37.9 Å². The Balaban J connectivity index is 1.74. The van der Waals surface area contributed by atoms with Crippen molar-refractivity contribution in [2.24, 2.45) is 0 Å². The summed E-state index contributed by atoms with van der Waals surface area (Å²) in [7, 11) is -3.46. The monoisotopic (exact) mass is 387 g/mol. The average Bonchev–Trinajstić information content (AvgIpc) is 2.65. The van der Waals surface area contributed by atoms with Gasteiger partial charge in [-0.1, -0.05) is 36.2 Å². The van der Waals surface area contributed by atoms with Crippen LogP contribution in [0.2, 0.25) is 5.02 Å². The molecule has 0 amide bonds. The Morgan fingerprint density at radius 3 is 2.44 bits per heavy atom. The second kappa shape index (κ2) is 8.79. The van der Waals surface area contributed by atoms with Gasteiger partial charge in [-0.25, -0.2) is 4.72 Å². The summed E-state index contributed by atoms with van der Waals surface area (Å²) in [5, 5.41) is 0.663. The van der Waals surface area contributed by atoms with Gasteiger partial charge in [0.25, 0.3) is 10.2 Å². The summed E-state index contributed by atoms with van der Waals surface area (Å²) in [5.74, 6) is 0. The minimum atomic E-state index is -3.46. The molecule has 0 radical (unpaired) electrons. The molecule has 3 rings (SSSR count). The first kappa shape index (κ1) is 19.1. The Labute approximate surface area is 155 Å². The summed E-state index contributed by atoms with van der Waals surface area (Å²) in [6.07, 6.45) is 2.96. The Hall–Kier alpha value is -0.700. The van der Waals surface area contributed by atoms with Gasteiger partial charge in [-0.2, -0.15) is 12.7 Å². The van der Waals surface area contributed by atoms with Crippen LogP contribution >= 0.6 is 11.6 Å². The van der Waals surface area contributed by atoms with Crippen LogP contribution in [0.3, 0.4) is 0 Å². The fourth-order valence-electron chi connectivity index (χ4n) is 3.45. The van der Waals surface area contributed by atoms with E-state index in [-0.39, 0.29) is 6.04 Å². The second-order valence-electron chi connectivity index (χ2n) is 6.50. The maximum absolute atomic E-state index is 12.6. The van der Waals surface area contributed by atoms with Gasteiger partial charge in [-0.3, -0.25) is 4.90 Å². The quantitative estimate of drug-likeness (QED) is 0.811. The van der Waals surface area contributed by atoms with Gasteiger partial charge in [-0.05, 0) is 24.5 Å². The number of rotatable bonds is 6. The highest BCUT2D eigenvalue weighted by Gasteiger charge is 2.28. The predicted molar refractivity (Wildman–Crippen MR) is 98.9 cm³/mol. The number of hydrogen-bond acceptors (Lipinski definition) is 4. The molecular weight excluding hydrogens is 362 g/mol. The number of halogens is 1. The van der Waals surface area contributed by atoms with Crippen molar-refractivity contribution in [2.45, 2.75) is 25.3 Å². The minimum absolute atomic E-state index is 0.0998. The zero-order valence-electron chi connectivity index (χ0n) is 14.4. The van der Waals surface area contributed by atoms with Gasteiger partial charge in [0.05, 0.1) is 19.3 Å². The van der Waals surface area contributed by atoms with Crippen LogP contribution in [0.1, 0.15) is 30.9 Å². The van der Waals surface area contributed by atoms with Crippen LogP contribution in [-0.4, -0.2) is 63.6 Å². The van der Waals surface area contributed by atoms with Gasteiger partial charge in [0.15, 0.2) is 0 Å². The Morgan fingerprint density at radius 1 is 1.08 bits per heavy atom. The van der Waals surface area contributed by atoms with E-state index in [9.17, 15) is 8.42 Å². The van der Waals surface area contributed by atoms with Crippen molar-refractivity contribution < 1.29 is 13.2 Å². The summed E-state index contributed by atoms with van der Waals surface area (Å²) >= 11 is 6.39. The highest BCUT2D eigenvalue weighted by atomic mass is 35.5. The summed E-state index contributed by atoms with van der Waals surface area (Å²) in [6, 6.07) is 7.55. The summed E-state index contributed by atoms with van der Waals surface area (Å²) in [4.78, 5) is 2.24. The fraction of sp³-hybridized carbons (Fsp3) is 0.647. The second-order valence-corrected chi connectivity index (χ2v) is 8.66. The first-order chi connectivity index (χ1) is 12.1. The molecule has 2 aliphatic heterocycles. The molecule has 2 fully saturated rings. The fourth-order valence-corrected chi connectivity index (χ4v) is 5.00. The van der Waals surface area contributed by atoms with Gasteiger partial charge in [0, 0.05) is 37.7 Å². The largest absolute Gasteiger partial charge is 0.379 e. The number of benzene rings is 1. The zero-order valence-corrected chi connectivity index (χ0v) is 15.9. The third-order valence-electron chi connectivity index (χ3n) is 4.86. The molecule has 1 aromatic rings. The highest BCUT2D eigenvalue weighted by Crippen LogP contribution is 2.28. The van der Waals surface area contributed by atoms with Crippen LogP contribution < -0.4 is 4.72 Å². The molecule has 1 unspecified atom stereocenters. The Morgan fingerprint density at radius 2 is 1.76 bits per heavy atom. The van der Waals surface area contributed by atoms with E-state index in [1.807, 2.05) is 24.3 Å². The number of morpholine rings is 1. The molecule has 0 spiro atoms. The van der Waals surface area contributed by atoms with Crippen molar-refractivity contribution in [1.82, 2.24) is 13.9 Å². The normalized spacial score (nSPS) is 22.0. The Bertz CT molecular complexity index is 659. The standard InChI is InChI=1S/C17H26ClN3O3S/c18-16-7-3-2-6-15(16)17(20-10-12-24-13-11-20)14-19-25(22,23)21-8-4-1-5-9-21/h2-3,6-7,17,19H,1,4-5,8-14H2. The lowest BCUT2D eigenvalue weighted by Gasteiger charge is -2.36. The van der Waals surface area contributed by atoms with Crippen molar-refractivity contribution in [3.8, 4) is 0 Å². The number of piperidine rings is 1. The molecule has 0 aliphatic carbocycles. The van der Waals surface area contributed by atoms with Crippen LogP contribution in [0, 0.1) is 0 Å². The Kier molecular flexibility index (Phi) is 6.71. The van der Waals surface area contributed by atoms with Gasteiger partial charge in [0.2, 0.25) is 0 Å². The van der Waals surface area contributed by atoms with E-state index in [4.69, 9.17) is 16.3 Å². The number of nitrogens with zero attached hydrogens (tertiary/aromatic N) is 2. The van der Waals surface area contributed by atoms with Gasteiger partial charge in [0.1, 0.15) is 0 Å². The van der Waals surface area contributed by atoms with Gasteiger partial charge < -0.3 is 4.74 Å². The summed E-state index contributed by atoms with van der Waals surface area (Å²) in [5.41, 5.74) is 0.951. The molecule has 0 saturated carbocycles. The maximum Gasteiger partial charge on any atom is 0.279 e. The molecule has 0 bridgehead atoms. The third-order valence-corrected chi connectivity index (χ3v) is 6.79. The summed E-state index contributed by atoms with van der Waals surface area (Å²) in [6.45, 7) is 4.35. The van der Waals surface area contributed by atoms with E-state index >= 15 is 0 Å². The molecule has 8 heteroatoms. The van der Waals surface area contributed by atoms with Crippen molar-refractivity contribution in [3.63, 3.8) is 0 Å². The van der Waals surface area contributed by atoms with Gasteiger partial charge >= 0.3 is 0 Å².